The van der Waals surface area contributed by atoms with E-state index >= 15 is 0 Å². The molecule has 0 rings (SSSR count). The van der Waals surface area contributed by atoms with E-state index in [1.54, 1.807) is 7.05 Å². The van der Waals surface area contributed by atoms with Crippen LogP contribution in [0, 0.1) is 5.41 Å². The van der Waals surface area contributed by atoms with Crippen LogP contribution >= 0.6 is 0 Å². The van der Waals surface area contributed by atoms with Crippen molar-refractivity contribution in [3.8, 4) is 0 Å². The zero-order chi connectivity index (χ0) is 12.4. The third-order valence-corrected chi connectivity index (χ3v) is 1.74. The molecule has 0 fully saturated rings. The second-order valence-corrected chi connectivity index (χ2v) is 2.96. The molecule has 0 aliphatic heterocycles. The van der Waals surface area contributed by atoms with Crippen molar-refractivity contribution in [3.63, 3.8) is 0 Å². The van der Waals surface area contributed by atoms with Crippen molar-refractivity contribution in [2.45, 2.75) is 12.8 Å². The minimum absolute atomic E-state index is 0.330. The fraction of sp³-hybridized carbons (Fsp3) is 0.556. The molecular formula is C9H19N6O-. The quantitative estimate of drug-likeness (QED) is 0.337. The van der Waals surface area contributed by atoms with Crippen molar-refractivity contribution in [2.24, 2.45) is 10.7 Å². The van der Waals surface area contributed by atoms with Gasteiger partial charge in [0.25, 0.3) is 0 Å². The smallest absolute Gasteiger partial charge is 0.213 e. The Hall–Kier alpha value is -1.44. The zero-order valence-corrected chi connectivity index (χ0v) is 9.66. The van der Waals surface area contributed by atoms with Gasteiger partial charge in [0.2, 0.25) is 5.90 Å². The summed E-state index contributed by atoms with van der Waals surface area (Å²) in [5, 5.41) is 10.6. The van der Waals surface area contributed by atoms with E-state index in [1.807, 2.05) is 6.08 Å². The van der Waals surface area contributed by atoms with E-state index in [0.29, 0.717) is 25.3 Å². The summed E-state index contributed by atoms with van der Waals surface area (Å²) < 4.78 is 0. The molecule has 92 valence electrons. The average Bonchev–Trinajstić information content (AvgIpc) is 2.24. The summed E-state index contributed by atoms with van der Waals surface area (Å²) in [6.07, 6.45) is 4.04. The Morgan fingerprint density at radius 1 is 1.69 bits per heavy atom. The van der Waals surface area contributed by atoms with Gasteiger partial charge in [-0.15, -0.1) is 0 Å². The van der Waals surface area contributed by atoms with Crippen LogP contribution < -0.4 is 11.1 Å². The first-order valence-corrected chi connectivity index (χ1v) is 4.89. The Balaban J connectivity index is 4.17. The maximum Gasteiger partial charge on any atom is 0.213 e. The molecule has 0 saturated heterocycles. The Bertz CT molecular complexity index is 255. The van der Waals surface area contributed by atoms with Gasteiger partial charge in [0, 0.05) is 32.8 Å². The van der Waals surface area contributed by atoms with Crippen molar-refractivity contribution in [2.75, 3.05) is 20.6 Å². The number of hydroxylamine groups is 1. The van der Waals surface area contributed by atoms with Crippen LogP contribution in [-0.4, -0.2) is 38.0 Å². The van der Waals surface area contributed by atoms with Gasteiger partial charge in [0.05, 0.1) is 0 Å². The molecule has 0 heterocycles. The third kappa shape index (κ3) is 6.93. The van der Waals surface area contributed by atoms with Crippen LogP contribution in [0.15, 0.2) is 16.8 Å². The SMILES string of the molecule is CN/C(=C\CCC(=NC=N)ON(C)[NH-])CN. The molecule has 0 aromatic carbocycles. The molecule has 5 N–H and O–H groups in total. The van der Waals surface area contributed by atoms with Crippen molar-refractivity contribution in [3.05, 3.63) is 17.6 Å². The Kier molecular flexibility index (Phi) is 8.04. The lowest BCUT2D eigenvalue weighted by Crippen LogP contribution is -2.17. The summed E-state index contributed by atoms with van der Waals surface area (Å²) in [6.45, 7) is 0.451. The number of likely N-dealkylation sites (N-methyl/N-ethyl adjacent to an activating group) is 1. The monoisotopic (exact) mass is 227 g/mol. The van der Waals surface area contributed by atoms with Gasteiger partial charge in [-0.05, 0) is 6.42 Å². The molecule has 0 aliphatic carbocycles. The molecule has 0 spiro atoms. The fourth-order valence-corrected chi connectivity index (χ4v) is 1.02. The van der Waals surface area contributed by atoms with E-state index in [-0.39, 0.29) is 0 Å². The standard InChI is InChI=1S/C9H19N6O/c1-13-8(6-10)4-3-5-9(14-7-11)16-15(2)12/h4,7,11-13H,3,5-6,10H2,1-2H3/q-1/b8-4-,11-7?,14-9?. The molecule has 0 aromatic heterocycles. The molecule has 7 heteroatoms. The number of allylic oxidation sites excluding steroid dienone is 1. The van der Waals surface area contributed by atoms with E-state index in [2.05, 4.69) is 10.3 Å². The van der Waals surface area contributed by atoms with Crippen LogP contribution in [0.25, 0.3) is 5.84 Å². The lowest BCUT2D eigenvalue weighted by molar-refractivity contribution is 0.00249. The molecule has 0 aliphatic rings. The van der Waals surface area contributed by atoms with Crippen LogP contribution in [0.5, 0.6) is 0 Å². The van der Waals surface area contributed by atoms with Gasteiger partial charge in [-0.1, -0.05) is 6.08 Å². The summed E-state index contributed by atoms with van der Waals surface area (Å²) in [5.41, 5.74) is 6.41. The molecule has 0 amide bonds. The predicted octanol–water partition coefficient (Wildman–Crippen LogP) is 0.665. The summed E-state index contributed by atoms with van der Waals surface area (Å²) in [7, 11) is 3.24. The van der Waals surface area contributed by atoms with Crippen LogP contribution in [0.1, 0.15) is 12.8 Å². The first kappa shape index (κ1) is 14.6. The largest absolute Gasteiger partial charge is 0.574 e. The number of aliphatic imine (C=N–C) groups is 1. The van der Waals surface area contributed by atoms with Gasteiger partial charge in [-0.2, -0.15) is 0 Å². The molecule has 0 unspecified atom stereocenters. The number of nitrogens with zero attached hydrogens (tertiary/aromatic N) is 2. The maximum atomic E-state index is 7.09. The normalized spacial score (nSPS) is 12.8. The van der Waals surface area contributed by atoms with Gasteiger partial charge >= 0.3 is 0 Å². The van der Waals surface area contributed by atoms with Crippen molar-refractivity contribution in [1.82, 2.24) is 10.5 Å². The van der Waals surface area contributed by atoms with Crippen LogP contribution in [0.4, 0.5) is 0 Å². The zero-order valence-electron chi connectivity index (χ0n) is 9.66. The minimum Gasteiger partial charge on any atom is -0.574 e. The fourth-order valence-electron chi connectivity index (χ4n) is 1.02. The molecule has 0 saturated carbocycles. The second kappa shape index (κ2) is 8.84. The second-order valence-electron chi connectivity index (χ2n) is 2.96. The van der Waals surface area contributed by atoms with Crippen LogP contribution in [-0.2, 0) is 4.84 Å². The maximum absolute atomic E-state index is 7.09. The van der Waals surface area contributed by atoms with E-state index < -0.39 is 0 Å². The Morgan fingerprint density at radius 2 is 2.38 bits per heavy atom. The summed E-state index contributed by atoms with van der Waals surface area (Å²) >= 11 is 0. The van der Waals surface area contributed by atoms with Gasteiger partial charge in [0.1, 0.15) is 6.34 Å². The third-order valence-electron chi connectivity index (χ3n) is 1.74. The lowest BCUT2D eigenvalue weighted by atomic mass is 10.2. The van der Waals surface area contributed by atoms with Gasteiger partial charge in [-0.3, -0.25) is 5.41 Å². The number of hydrogen-bond acceptors (Lipinski definition) is 5. The van der Waals surface area contributed by atoms with Gasteiger partial charge in [0.15, 0.2) is 0 Å². The Labute approximate surface area is 95.6 Å². The van der Waals surface area contributed by atoms with Crippen molar-refractivity contribution >= 4 is 12.2 Å². The van der Waals surface area contributed by atoms with E-state index in [4.69, 9.17) is 21.8 Å². The van der Waals surface area contributed by atoms with Crippen molar-refractivity contribution in [1.29, 1.82) is 5.41 Å². The average molecular weight is 227 g/mol. The molecule has 16 heavy (non-hydrogen) atoms. The summed E-state index contributed by atoms with van der Waals surface area (Å²) in [4.78, 5) is 8.66. The van der Waals surface area contributed by atoms with E-state index in [0.717, 1.165) is 17.2 Å². The summed E-state index contributed by atoms with van der Waals surface area (Å²) in [5.74, 6) is 7.42. The topological polar surface area (TPSA) is 111 Å². The summed E-state index contributed by atoms with van der Waals surface area (Å²) in [6, 6.07) is 0. The highest BCUT2D eigenvalue weighted by molar-refractivity contribution is 5.83. The van der Waals surface area contributed by atoms with Crippen molar-refractivity contribution < 1.29 is 4.84 Å². The first-order valence-electron chi connectivity index (χ1n) is 4.89. The highest BCUT2D eigenvalue weighted by Crippen LogP contribution is 2.00. The molecule has 0 bridgehead atoms. The lowest BCUT2D eigenvalue weighted by Gasteiger charge is -2.20. The number of nitrogens with one attached hydrogen (secondary N) is 3. The predicted molar refractivity (Wildman–Crippen MR) is 64.8 cm³/mol. The highest BCUT2D eigenvalue weighted by Gasteiger charge is 1.99. The van der Waals surface area contributed by atoms with Crippen LogP contribution in [0.2, 0.25) is 0 Å². The Morgan fingerprint density at radius 3 is 2.81 bits per heavy atom. The van der Waals surface area contributed by atoms with Gasteiger partial charge < -0.3 is 21.7 Å². The van der Waals surface area contributed by atoms with E-state index in [1.165, 1.54) is 7.05 Å². The van der Waals surface area contributed by atoms with Gasteiger partial charge in [-0.25, -0.2) is 10.2 Å². The van der Waals surface area contributed by atoms with Crippen LogP contribution in [0.3, 0.4) is 0 Å². The van der Waals surface area contributed by atoms with E-state index in [9.17, 15) is 0 Å². The molecule has 0 aromatic rings. The minimum atomic E-state index is 0.330. The highest BCUT2D eigenvalue weighted by atomic mass is 16.7. The molecule has 0 radical (unpaired) electrons. The molecular weight excluding hydrogens is 208 g/mol. The number of hydrogen-bond donors (Lipinski definition) is 3. The molecule has 7 nitrogen and oxygen atoms in total. The number of nitrogens with two attached hydrogens (primary N) is 1. The number of rotatable bonds is 7. The molecule has 0 atom stereocenters. The first-order chi connectivity index (χ1) is 7.63.